The second kappa shape index (κ2) is 6.24. The molecule has 0 bridgehead atoms. The predicted octanol–water partition coefficient (Wildman–Crippen LogP) is 3.82. The number of para-hydroxylation sites is 1. The lowest BCUT2D eigenvalue weighted by atomic mass is 10.0. The molecule has 3 rings (SSSR count). The standard InChI is InChI=1S/C19H20N2O2/c1-3-19(23)21-17-7-5-4-6-14(17)8-9-15-10-11-16(12-18(15)21)20-13(2)22/h4-7,10-12H,3,8-9H2,1-2H3,(H,20,22). The number of amides is 2. The summed E-state index contributed by atoms with van der Waals surface area (Å²) in [5.74, 6) is -0.0621. The quantitative estimate of drug-likeness (QED) is 0.917. The maximum atomic E-state index is 12.6. The van der Waals surface area contributed by atoms with E-state index in [1.807, 2.05) is 43.3 Å². The van der Waals surface area contributed by atoms with Crippen LogP contribution < -0.4 is 10.2 Å². The fraction of sp³-hybridized carbons (Fsp3) is 0.263. The molecule has 4 nitrogen and oxygen atoms in total. The summed E-state index contributed by atoms with van der Waals surface area (Å²) in [7, 11) is 0. The van der Waals surface area contributed by atoms with Crippen LogP contribution in [0.15, 0.2) is 42.5 Å². The lowest BCUT2D eigenvalue weighted by Gasteiger charge is -2.25. The Morgan fingerprint density at radius 1 is 1.04 bits per heavy atom. The SMILES string of the molecule is CCC(=O)N1c2ccccc2CCc2ccc(NC(C)=O)cc21. The van der Waals surface area contributed by atoms with E-state index in [1.165, 1.54) is 12.5 Å². The van der Waals surface area contributed by atoms with Gasteiger partial charge in [-0.1, -0.05) is 31.2 Å². The van der Waals surface area contributed by atoms with Crippen LogP contribution in [0.25, 0.3) is 0 Å². The zero-order chi connectivity index (χ0) is 16.4. The van der Waals surface area contributed by atoms with Gasteiger partial charge in [0.2, 0.25) is 11.8 Å². The van der Waals surface area contributed by atoms with Gasteiger partial charge in [-0.15, -0.1) is 0 Å². The Hall–Kier alpha value is -2.62. The number of fused-ring (bicyclic) bond motifs is 2. The summed E-state index contributed by atoms with van der Waals surface area (Å²) in [5.41, 5.74) is 4.82. The van der Waals surface area contributed by atoms with E-state index in [2.05, 4.69) is 11.4 Å². The number of nitrogens with zero attached hydrogens (tertiary/aromatic N) is 1. The molecule has 23 heavy (non-hydrogen) atoms. The van der Waals surface area contributed by atoms with E-state index < -0.39 is 0 Å². The molecule has 1 aliphatic heterocycles. The number of carbonyl (C=O) groups is 2. The van der Waals surface area contributed by atoms with E-state index in [1.54, 1.807) is 4.90 Å². The largest absolute Gasteiger partial charge is 0.326 e. The highest BCUT2D eigenvalue weighted by molar-refractivity contribution is 6.03. The molecule has 2 aromatic carbocycles. The highest BCUT2D eigenvalue weighted by Gasteiger charge is 2.25. The lowest BCUT2D eigenvalue weighted by Crippen LogP contribution is -2.26. The highest BCUT2D eigenvalue weighted by atomic mass is 16.2. The van der Waals surface area contributed by atoms with Crippen LogP contribution >= 0.6 is 0 Å². The van der Waals surface area contributed by atoms with Crippen LogP contribution in [0.4, 0.5) is 17.1 Å². The number of nitrogens with one attached hydrogen (secondary N) is 1. The number of carbonyl (C=O) groups excluding carboxylic acids is 2. The molecule has 0 fully saturated rings. The fourth-order valence-corrected chi connectivity index (χ4v) is 3.03. The van der Waals surface area contributed by atoms with Gasteiger partial charge in [-0.25, -0.2) is 0 Å². The molecule has 0 spiro atoms. The average Bonchev–Trinajstić information content (AvgIpc) is 2.70. The number of hydrogen-bond donors (Lipinski definition) is 1. The minimum absolute atomic E-state index is 0.0561. The molecule has 1 N–H and O–H groups in total. The second-order valence-corrected chi connectivity index (χ2v) is 5.74. The Morgan fingerprint density at radius 2 is 1.74 bits per heavy atom. The summed E-state index contributed by atoms with van der Waals surface area (Å²) in [6, 6.07) is 13.8. The average molecular weight is 308 g/mol. The first kappa shape index (κ1) is 15.3. The van der Waals surface area contributed by atoms with Gasteiger partial charge in [0.1, 0.15) is 0 Å². The van der Waals surface area contributed by atoms with E-state index in [9.17, 15) is 9.59 Å². The molecule has 2 amide bonds. The van der Waals surface area contributed by atoms with Crippen LogP contribution in [-0.2, 0) is 22.4 Å². The lowest BCUT2D eigenvalue weighted by molar-refractivity contribution is -0.117. The summed E-state index contributed by atoms with van der Waals surface area (Å²) in [6.45, 7) is 3.35. The van der Waals surface area contributed by atoms with Crippen LogP contribution in [0.2, 0.25) is 0 Å². The van der Waals surface area contributed by atoms with Gasteiger partial charge in [0.15, 0.2) is 0 Å². The van der Waals surface area contributed by atoms with Gasteiger partial charge >= 0.3 is 0 Å². The number of benzene rings is 2. The maximum absolute atomic E-state index is 12.6. The molecule has 0 atom stereocenters. The summed E-state index contributed by atoms with van der Waals surface area (Å²) in [6.07, 6.45) is 2.20. The summed E-state index contributed by atoms with van der Waals surface area (Å²) in [4.78, 5) is 25.7. The van der Waals surface area contributed by atoms with Gasteiger partial charge in [-0.2, -0.15) is 0 Å². The van der Waals surface area contributed by atoms with Crippen LogP contribution in [-0.4, -0.2) is 11.8 Å². The number of hydrogen-bond acceptors (Lipinski definition) is 2. The molecule has 0 saturated heterocycles. The molecular formula is C19H20N2O2. The van der Waals surface area contributed by atoms with Crippen molar-refractivity contribution in [2.45, 2.75) is 33.1 Å². The van der Waals surface area contributed by atoms with E-state index >= 15 is 0 Å². The molecule has 1 heterocycles. The highest BCUT2D eigenvalue weighted by Crippen LogP contribution is 2.37. The molecule has 118 valence electrons. The minimum Gasteiger partial charge on any atom is -0.326 e. The topological polar surface area (TPSA) is 49.4 Å². The molecule has 0 unspecified atom stereocenters. The number of aryl methyl sites for hydroxylation is 2. The molecule has 0 aliphatic carbocycles. The number of rotatable bonds is 2. The van der Waals surface area contributed by atoms with E-state index in [-0.39, 0.29) is 11.8 Å². The summed E-state index contributed by atoms with van der Waals surface area (Å²) in [5, 5.41) is 2.80. The Kier molecular flexibility index (Phi) is 4.15. The Bertz CT molecular complexity index is 768. The third-order valence-electron chi connectivity index (χ3n) is 4.09. The van der Waals surface area contributed by atoms with Gasteiger partial charge in [0.25, 0.3) is 0 Å². The zero-order valence-corrected chi connectivity index (χ0v) is 13.4. The van der Waals surface area contributed by atoms with E-state index in [0.29, 0.717) is 12.1 Å². The first-order valence-corrected chi connectivity index (χ1v) is 7.91. The minimum atomic E-state index is -0.118. The molecule has 2 aromatic rings. The Labute approximate surface area is 136 Å². The normalized spacial score (nSPS) is 12.9. The molecule has 0 aromatic heterocycles. The Balaban J connectivity index is 2.16. The van der Waals surface area contributed by atoms with Crippen LogP contribution in [0.1, 0.15) is 31.4 Å². The summed E-state index contributed by atoms with van der Waals surface area (Å²) < 4.78 is 0. The maximum Gasteiger partial charge on any atom is 0.231 e. The molecule has 0 radical (unpaired) electrons. The first-order chi connectivity index (χ1) is 11.1. The molecule has 0 saturated carbocycles. The van der Waals surface area contributed by atoms with Crippen molar-refractivity contribution >= 4 is 28.9 Å². The van der Waals surface area contributed by atoms with Crippen LogP contribution in [0.5, 0.6) is 0 Å². The van der Waals surface area contributed by atoms with Crippen molar-refractivity contribution in [3.8, 4) is 0 Å². The van der Waals surface area contributed by atoms with Crippen molar-refractivity contribution < 1.29 is 9.59 Å². The number of anilines is 3. The van der Waals surface area contributed by atoms with Crippen LogP contribution in [0, 0.1) is 0 Å². The smallest absolute Gasteiger partial charge is 0.231 e. The third kappa shape index (κ3) is 2.97. The van der Waals surface area contributed by atoms with Gasteiger partial charge in [-0.3, -0.25) is 14.5 Å². The van der Waals surface area contributed by atoms with Crippen molar-refractivity contribution in [2.75, 3.05) is 10.2 Å². The van der Waals surface area contributed by atoms with Crippen molar-refractivity contribution in [1.29, 1.82) is 0 Å². The van der Waals surface area contributed by atoms with Crippen molar-refractivity contribution in [2.24, 2.45) is 0 Å². The van der Waals surface area contributed by atoms with Gasteiger partial charge in [-0.05, 0) is 42.2 Å². The van der Waals surface area contributed by atoms with Crippen molar-refractivity contribution in [3.05, 3.63) is 53.6 Å². The van der Waals surface area contributed by atoms with Gasteiger partial charge in [0, 0.05) is 19.0 Å². The Morgan fingerprint density at radius 3 is 2.43 bits per heavy atom. The second-order valence-electron chi connectivity index (χ2n) is 5.74. The van der Waals surface area contributed by atoms with Gasteiger partial charge in [0.05, 0.1) is 11.4 Å². The molecule has 1 aliphatic rings. The van der Waals surface area contributed by atoms with Gasteiger partial charge < -0.3 is 5.32 Å². The molecule has 4 heteroatoms. The van der Waals surface area contributed by atoms with Crippen LogP contribution in [0.3, 0.4) is 0 Å². The van der Waals surface area contributed by atoms with Crippen molar-refractivity contribution in [3.63, 3.8) is 0 Å². The third-order valence-corrected chi connectivity index (χ3v) is 4.09. The fourth-order valence-electron chi connectivity index (χ4n) is 3.03. The molecular weight excluding hydrogens is 288 g/mol. The predicted molar refractivity (Wildman–Crippen MR) is 92.0 cm³/mol. The monoisotopic (exact) mass is 308 g/mol. The van der Waals surface area contributed by atoms with Crippen molar-refractivity contribution in [1.82, 2.24) is 0 Å². The zero-order valence-electron chi connectivity index (χ0n) is 13.4. The van der Waals surface area contributed by atoms with E-state index in [0.717, 1.165) is 29.8 Å². The van der Waals surface area contributed by atoms with E-state index in [4.69, 9.17) is 0 Å². The summed E-state index contributed by atoms with van der Waals surface area (Å²) >= 11 is 0. The first-order valence-electron chi connectivity index (χ1n) is 7.91.